The van der Waals surface area contributed by atoms with Crippen molar-refractivity contribution < 1.29 is 32.3 Å². The number of nitrogens with one attached hydrogen (secondary N) is 3. The fourth-order valence-corrected chi connectivity index (χ4v) is 5.40. The van der Waals surface area contributed by atoms with E-state index in [0.29, 0.717) is 32.2 Å². The van der Waals surface area contributed by atoms with Crippen LogP contribution in [0.1, 0.15) is 72.1 Å². The molecule has 4 atom stereocenters. The largest absolute Gasteiger partial charge is 0.436 e. The third-order valence-corrected chi connectivity index (χ3v) is 8.42. The maximum absolute atomic E-state index is 13.5. The molecular formula is C25H41N5O7S. The van der Waals surface area contributed by atoms with Gasteiger partial charge in [0, 0.05) is 32.1 Å². The lowest BCUT2D eigenvalue weighted by molar-refractivity contribution is -0.146. The number of fused-ring (bicyclic) bond motifs is 2. The van der Waals surface area contributed by atoms with Gasteiger partial charge in [-0.1, -0.05) is 18.6 Å². The van der Waals surface area contributed by atoms with Crippen molar-refractivity contribution >= 4 is 34.0 Å². The van der Waals surface area contributed by atoms with Crippen molar-refractivity contribution in [3.8, 4) is 0 Å². The SMILES string of the molecule is CN(C)S(=O)(=O)NC(=O)[C@@]12C[C@H]1C=CCCCCC[C@H](OC(=O)NC(C)(C)C)C(=O)N1CCC[C@H]1C(=O)N2. The minimum Gasteiger partial charge on any atom is -0.436 e. The topological polar surface area (TPSA) is 154 Å². The zero-order valence-corrected chi connectivity index (χ0v) is 23.7. The van der Waals surface area contributed by atoms with Gasteiger partial charge in [-0.3, -0.25) is 14.4 Å². The highest BCUT2D eigenvalue weighted by atomic mass is 32.2. The van der Waals surface area contributed by atoms with E-state index in [-0.39, 0.29) is 12.3 Å². The number of carbonyl (C=O) groups excluding carboxylic acids is 4. The number of amides is 4. The second-order valence-electron chi connectivity index (χ2n) is 11.5. The van der Waals surface area contributed by atoms with Gasteiger partial charge in [0.1, 0.15) is 11.6 Å². The first-order valence-corrected chi connectivity index (χ1v) is 14.6. The van der Waals surface area contributed by atoms with Crippen LogP contribution in [0.5, 0.6) is 0 Å². The molecule has 4 amide bonds. The standard InChI is InChI=1S/C25H41N5O7S/c1-24(2,3)27-23(34)37-19-14-10-8-6-7-9-12-17-16-25(17,22(33)28-38(35,36)29(4)5)26-20(31)18-13-11-15-30(18)21(19)32/h9,12,17-19H,6-8,10-11,13-16H2,1-5H3,(H,26,31)(H,27,34)(H,28,33)/t17-,18+,19+,25-/m1/s1. The number of hydrogen-bond donors (Lipinski definition) is 3. The molecule has 0 unspecified atom stereocenters. The Hall–Kier alpha value is -2.67. The zero-order valence-electron chi connectivity index (χ0n) is 22.9. The Labute approximate surface area is 225 Å². The predicted octanol–water partition coefficient (Wildman–Crippen LogP) is 1.19. The van der Waals surface area contributed by atoms with E-state index in [1.807, 2.05) is 32.9 Å². The highest BCUT2D eigenvalue weighted by Gasteiger charge is 2.61. The van der Waals surface area contributed by atoms with Gasteiger partial charge < -0.3 is 20.3 Å². The van der Waals surface area contributed by atoms with Crippen molar-refractivity contribution in [1.29, 1.82) is 0 Å². The molecular weight excluding hydrogens is 514 g/mol. The number of rotatable bonds is 4. The highest BCUT2D eigenvalue weighted by Crippen LogP contribution is 2.45. The van der Waals surface area contributed by atoms with Crippen LogP contribution in [0.3, 0.4) is 0 Å². The van der Waals surface area contributed by atoms with E-state index in [2.05, 4.69) is 15.4 Å². The van der Waals surface area contributed by atoms with Gasteiger partial charge in [-0.05, 0) is 65.7 Å². The summed E-state index contributed by atoms with van der Waals surface area (Å²) < 4.78 is 33.1. The highest BCUT2D eigenvalue weighted by molar-refractivity contribution is 7.87. The number of nitrogens with zero attached hydrogens (tertiary/aromatic N) is 2. The van der Waals surface area contributed by atoms with E-state index in [1.165, 1.54) is 19.0 Å². The van der Waals surface area contributed by atoms with Crippen LogP contribution in [0, 0.1) is 5.92 Å². The van der Waals surface area contributed by atoms with Crippen LogP contribution in [0.2, 0.25) is 0 Å². The molecule has 2 fully saturated rings. The Morgan fingerprint density at radius 2 is 1.84 bits per heavy atom. The first kappa shape index (κ1) is 29.9. The van der Waals surface area contributed by atoms with Gasteiger partial charge in [0.15, 0.2) is 6.10 Å². The summed E-state index contributed by atoms with van der Waals surface area (Å²) in [5.74, 6) is -2.15. The molecule has 3 aliphatic rings. The van der Waals surface area contributed by atoms with Crippen molar-refractivity contribution in [1.82, 2.24) is 24.6 Å². The van der Waals surface area contributed by atoms with Crippen molar-refractivity contribution in [2.75, 3.05) is 20.6 Å². The molecule has 0 aromatic carbocycles. The third kappa shape index (κ3) is 7.25. The van der Waals surface area contributed by atoms with E-state index < -0.39 is 57.2 Å². The molecule has 214 valence electrons. The lowest BCUT2D eigenvalue weighted by atomic mass is 10.1. The van der Waals surface area contributed by atoms with Crippen LogP contribution in [0.15, 0.2) is 12.2 Å². The molecule has 0 aromatic rings. The number of hydrogen-bond acceptors (Lipinski definition) is 7. The molecule has 13 heteroatoms. The molecule has 1 aliphatic carbocycles. The minimum absolute atomic E-state index is 0.253. The number of allylic oxidation sites excluding steroid dienone is 1. The lowest BCUT2D eigenvalue weighted by Gasteiger charge is -2.30. The maximum Gasteiger partial charge on any atom is 0.408 e. The van der Waals surface area contributed by atoms with Crippen molar-refractivity contribution in [3.63, 3.8) is 0 Å². The van der Waals surface area contributed by atoms with Crippen molar-refractivity contribution in [2.45, 2.75) is 95.4 Å². The van der Waals surface area contributed by atoms with Crippen LogP contribution >= 0.6 is 0 Å². The molecule has 2 aliphatic heterocycles. The summed E-state index contributed by atoms with van der Waals surface area (Å²) in [5.41, 5.74) is -1.96. The summed E-state index contributed by atoms with van der Waals surface area (Å²) in [5, 5.41) is 5.48. The summed E-state index contributed by atoms with van der Waals surface area (Å²) in [6, 6.07) is -0.857. The second kappa shape index (κ2) is 11.6. The Morgan fingerprint density at radius 1 is 1.13 bits per heavy atom. The van der Waals surface area contributed by atoms with Crippen LogP contribution in [0.25, 0.3) is 0 Å². The minimum atomic E-state index is -4.06. The Bertz CT molecular complexity index is 1070. The van der Waals surface area contributed by atoms with Crippen LogP contribution < -0.4 is 15.4 Å². The van der Waals surface area contributed by atoms with E-state index in [1.54, 1.807) is 0 Å². The average molecular weight is 556 g/mol. The van der Waals surface area contributed by atoms with E-state index in [0.717, 1.165) is 23.6 Å². The van der Waals surface area contributed by atoms with E-state index in [4.69, 9.17) is 4.74 Å². The molecule has 38 heavy (non-hydrogen) atoms. The van der Waals surface area contributed by atoms with Crippen LogP contribution in [-0.4, -0.2) is 85.3 Å². The molecule has 1 saturated carbocycles. The van der Waals surface area contributed by atoms with Crippen LogP contribution in [0.4, 0.5) is 4.79 Å². The zero-order chi connectivity index (χ0) is 28.3. The van der Waals surface area contributed by atoms with Crippen molar-refractivity contribution in [3.05, 3.63) is 12.2 Å². The van der Waals surface area contributed by atoms with Gasteiger partial charge in [-0.15, -0.1) is 0 Å². The first-order valence-electron chi connectivity index (χ1n) is 13.2. The fourth-order valence-electron chi connectivity index (χ4n) is 4.80. The maximum atomic E-state index is 13.5. The van der Waals surface area contributed by atoms with E-state index in [9.17, 15) is 27.6 Å². The van der Waals surface area contributed by atoms with Crippen molar-refractivity contribution in [2.24, 2.45) is 5.92 Å². The van der Waals surface area contributed by atoms with Gasteiger partial charge in [-0.2, -0.15) is 12.7 Å². The molecule has 0 radical (unpaired) electrons. The van der Waals surface area contributed by atoms with Gasteiger partial charge >= 0.3 is 16.3 Å². The fraction of sp³-hybridized carbons (Fsp3) is 0.760. The molecule has 12 nitrogen and oxygen atoms in total. The number of alkyl carbamates (subject to hydrolysis) is 1. The Kier molecular flexibility index (Phi) is 9.12. The quantitative estimate of drug-likeness (QED) is 0.440. The van der Waals surface area contributed by atoms with Gasteiger partial charge in [0.05, 0.1) is 0 Å². The third-order valence-electron chi connectivity index (χ3n) is 7.01. The average Bonchev–Trinajstić information content (AvgIpc) is 3.26. The summed E-state index contributed by atoms with van der Waals surface area (Å²) in [4.78, 5) is 54.1. The number of ether oxygens (including phenoxy) is 1. The van der Waals surface area contributed by atoms with Gasteiger partial charge in [-0.25, -0.2) is 9.52 Å². The molecule has 0 spiro atoms. The normalized spacial score (nSPS) is 28.9. The summed E-state index contributed by atoms with van der Waals surface area (Å²) in [6.45, 7) is 5.74. The molecule has 0 bridgehead atoms. The summed E-state index contributed by atoms with van der Waals surface area (Å²) in [7, 11) is -1.46. The molecule has 2 heterocycles. The summed E-state index contributed by atoms with van der Waals surface area (Å²) in [6.07, 6.45) is 6.60. The summed E-state index contributed by atoms with van der Waals surface area (Å²) >= 11 is 0. The molecule has 3 N–H and O–H groups in total. The van der Waals surface area contributed by atoms with E-state index >= 15 is 0 Å². The molecule has 0 aromatic heterocycles. The van der Waals surface area contributed by atoms with Gasteiger partial charge in [0.25, 0.3) is 11.8 Å². The predicted molar refractivity (Wildman–Crippen MR) is 140 cm³/mol. The Balaban J connectivity index is 1.84. The molecule has 1 saturated heterocycles. The molecule has 3 rings (SSSR count). The second-order valence-corrected chi connectivity index (χ2v) is 13.4. The smallest absolute Gasteiger partial charge is 0.408 e. The first-order chi connectivity index (χ1) is 17.7. The number of carbonyl (C=O) groups is 4. The Morgan fingerprint density at radius 3 is 2.50 bits per heavy atom. The van der Waals surface area contributed by atoms with Crippen LogP contribution in [-0.2, 0) is 29.3 Å². The lowest BCUT2D eigenvalue weighted by Crippen LogP contribution is -2.58. The van der Waals surface area contributed by atoms with Gasteiger partial charge in [0.2, 0.25) is 5.91 Å². The monoisotopic (exact) mass is 555 g/mol.